The Labute approximate surface area is 166 Å². The topological polar surface area (TPSA) is 67.9 Å². The summed E-state index contributed by atoms with van der Waals surface area (Å²) in [6.45, 7) is 0.342. The molecule has 1 N–H and O–H groups in total. The van der Waals surface area contributed by atoms with Crippen LogP contribution in [0.1, 0.15) is 11.1 Å². The smallest absolute Gasteiger partial charge is 0.265 e. The predicted octanol–water partition coefficient (Wildman–Crippen LogP) is 2.63. The van der Waals surface area contributed by atoms with Crippen molar-refractivity contribution in [3.63, 3.8) is 0 Å². The Bertz CT molecular complexity index is 906. The minimum absolute atomic E-state index is 0.0781. The summed E-state index contributed by atoms with van der Waals surface area (Å²) in [4.78, 5) is 26.4. The van der Waals surface area contributed by atoms with Crippen molar-refractivity contribution in [3.8, 4) is 11.5 Å². The Kier molecular flexibility index (Phi) is 5.88. The highest BCUT2D eigenvalue weighted by Gasteiger charge is 2.33. The summed E-state index contributed by atoms with van der Waals surface area (Å²) in [7, 11) is 3.15. The second kappa shape index (κ2) is 8.32. The van der Waals surface area contributed by atoms with Gasteiger partial charge in [-0.2, -0.15) is 11.3 Å². The monoisotopic (exact) mass is 402 g/mol. The summed E-state index contributed by atoms with van der Waals surface area (Å²) >= 11 is 6.69. The van der Waals surface area contributed by atoms with Gasteiger partial charge >= 0.3 is 0 Å². The first-order valence-corrected chi connectivity index (χ1v) is 9.50. The Morgan fingerprint density at radius 2 is 1.96 bits per heavy atom. The molecular formula is C19H18N2O4S2. The van der Waals surface area contributed by atoms with Gasteiger partial charge in [-0.15, -0.1) is 0 Å². The predicted molar refractivity (Wildman–Crippen MR) is 108 cm³/mol. The largest absolute Gasteiger partial charge is 0.493 e. The number of thiocarbonyl (C=S) groups is 1. The highest BCUT2D eigenvalue weighted by atomic mass is 32.1. The van der Waals surface area contributed by atoms with E-state index in [2.05, 4.69) is 5.32 Å². The van der Waals surface area contributed by atoms with Gasteiger partial charge < -0.3 is 9.47 Å². The van der Waals surface area contributed by atoms with Crippen LogP contribution in [0.15, 0.2) is 40.6 Å². The molecule has 0 unspecified atom stereocenters. The normalized spacial score (nSPS) is 15.9. The number of carbonyl (C=O) groups excluding carboxylic acids is 2. The first-order valence-electron chi connectivity index (χ1n) is 8.15. The molecule has 2 heterocycles. The maximum Gasteiger partial charge on any atom is 0.265 e. The van der Waals surface area contributed by atoms with Crippen LogP contribution in [0.4, 0.5) is 0 Å². The molecule has 140 valence electrons. The zero-order valence-electron chi connectivity index (χ0n) is 14.9. The fourth-order valence-corrected chi connectivity index (χ4v) is 3.58. The number of carbonyl (C=O) groups is 2. The number of nitrogens with zero attached hydrogens (tertiary/aromatic N) is 1. The molecule has 1 aromatic heterocycles. The molecule has 1 saturated heterocycles. The number of ether oxygens (including phenoxy) is 2. The van der Waals surface area contributed by atoms with Gasteiger partial charge in [-0.1, -0.05) is 6.07 Å². The molecule has 0 bridgehead atoms. The van der Waals surface area contributed by atoms with Crippen molar-refractivity contribution in [1.29, 1.82) is 0 Å². The van der Waals surface area contributed by atoms with Gasteiger partial charge in [-0.25, -0.2) is 0 Å². The van der Waals surface area contributed by atoms with Crippen LogP contribution in [-0.4, -0.2) is 42.6 Å². The van der Waals surface area contributed by atoms with Crippen LogP contribution in [-0.2, 0) is 16.0 Å². The van der Waals surface area contributed by atoms with E-state index in [9.17, 15) is 9.59 Å². The third kappa shape index (κ3) is 4.17. The van der Waals surface area contributed by atoms with Crippen molar-refractivity contribution in [2.75, 3.05) is 20.8 Å². The van der Waals surface area contributed by atoms with Crippen molar-refractivity contribution in [2.24, 2.45) is 0 Å². The number of hydrogen-bond acceptors (Lipinski definition) is 6. The van der Waals surface area contributed by atoms with E-state index in [1.54, 1.807) is 20.3 Å². The van der Waals surface area contributed by atoms with Crippen LogP contribution in [0.5, 0.6) is 11.5 Å². The van der Waals surface area contributed by atoms with E-state index in [1.165, 1.54) is 16.2 Å². The molecule has 8 heteroatoms. The number of thiophene rings is 1. The number of nitrogens with one attached hydrogen (secondary N) is 1. The average molecular weight is 402 g/mol. The molecule has 6 nitrogen and oxygen atoms in total. The molecule has 1 fully saturated rings. The zero-order valence-corrected chi connectivity index (χ0v) is 16.5. The fraction of sp³-hybridized carbons (Fsp3) is 0.211. The second-order valence-electron chi connectivity index (χ2n) is 5.77. The standard InChI is InChI=1S/C19H18N2O4S2/c1-24-15-4-3-12(10-16(15)25-2)5-7-21-18(23)14(17(22)20-19(21)26)9-13-6-8-27-11-13/h3-4,6,8-11H,5,7H2,1-2H3,(H,20,22,26)/b14-9-. The summed E-state index contributed by atoms with van der Waals surface area (Å²) in [5.74, 6) is 0.391. The van der Waals surface area contributed by atoms with Gasteiger partial charge in [0.15, 0.2) is 16.6 Å². The van der Waals surface area contributed by atoms with E-state index in [0.29, 0.717) is 24.5 Å². The van der Waals surface area contributed by atoms with Crippen LogP contribution >= 0.6 is 23.6 Å². The maximum absolute atomic E-state index is 12.8. The fourth-order valence-electron chi connectivity index (χ4n) is 2.70. The minimum atomic E-state index is -0.474. The highest BCUT2D eigenvalue weighted by Crippen LogP contribution is 2.28. The summed E-state index contributed by atoms with van der Waals surface area (Å²) in [5.41, 5.74) is 1.85. The molecule has 1 aliphatic rings. The second-order valence-corrected chi connectivity index (χ2v) is 6.94. The summed E-state index contributed by atoms with van der Waals surface area (Å²) < 4.78 is 10.5. The minimum Gasteiger partial charge on any atom is -0.493 e. The Morgan fingerprint density at radius 1 is 1.19 bits per heavy atom. The highest BCUT2D eigenvalue weighted by molar-refractivity contribution is 7.80. The lowest BCUT2D eigenvalue weighted by atomic mass is 10.1. The zero-order chi connectivity index (χ0) is 19.4. The molecule has 0 radical (unpaired) electrons. The van der Waals surface area contributed by atoms with E-state index in [4.69, 9.17) is 21.7 Å². The molecule has 0 saturated carbocycles. The number of methoxy groups -OCH3 is 2. The van der Waals surface area contributed by atoms with Gasteiger partial charge in [-0.05, 0) is 64.8 Å². The molecule has 3 rings (SSSR count). The lowest BCUT2D eigenvalue weighted by Gasteiger charge is -2.29. The molecule has 0 aliphatic carbocycles. The van der Waals surface area contributed by atoms with Crippen molar-refractivity contribution in [3.05, 3.63) is 51.7 Å². The van der Waals surface area contributed by atoms with Crippen molar-refractivity contribution in [2.45, 2.75) is 6.42 Å². The third-order valence-corrected chi connectivity index (χ3v) is 5.14. The van der Waals surface area contributed by atoms with E-state index < -0.39 is 11.8 Å². The van der Waals surface area contributed by atoms with Gasteiger partial charge in [0, 0.05) is 6.54 Å². The molecule has 2 aromatic rings. The van der Waals surface area contributed by atoms with E-state index >= 15 is 0 Å². The molecule has 27 heavy (non-hydrogen) atoms. The van der Waals surface area contributed by atoms with E-state index in [0.717, 1.165) is 11.1 Å². The average Bonchev–Trinajstić information content (AvgIpc) is 3.18. The molecular weight excluding hydrogens is 384 g/mol. The van der Waals surface area contributed by atoms with Crippen LogP contribution in [0.2, 0.25) is 0 Å². The molecule has 2 amide bonds. The van der Waals surface area contributed by atoms with Gasteiger partial charge in [0.25, 0.3) is 11.8 Å². The third-order valence-electron chi connectivity index (χ3n) is 4.11. The van der Waals surface area contributed by atoms with E-state index in [1.807, 2.05) is 35.0 Å². The maximum atomic E-state index is 12.8. The first-order chi connectivity index (χ1) is 13.0. The Hall–Kier alpha value is -2.71. The summed E-state index contributed by atoms with van der Waals surface area (Å²) in [5, 5.41) is 6.46. The lowest BCUT2D eigenvalue weighted by Crippen LogP contribution is -2.54. The van der Waals surface area contributed by atoms with Crippen molar-refractivity contribution >= 4 is 46.6 Å². The van der Waals surface area contributed by atoms with Crippen molar-refractivity contribution in [1.82, 2.24) is 10.2 Å². The number of benzene rings is 1. The number of rotatable bonds is 6. The summed E-state index contributed by atoms with van der Waals surface area (Å²) in [6, 6.07) is 7.42. The number of hydrogen-bond donors (Lipinski definition) is 1. The lowest BCUT2D eigenvalue weighted by molar-refractivity contribution is -0.128. The van der Waals surface area contributed by atoms with Crippen LogP contribution < -0.4 is 14.8 Å². The molecule has 1 aromatic carbocycles. The molecule has 0 atom stereocenters. The van der Waals surface area contributed by atoms with Gasteiger partial charge in [0.2, 0.25) is 0 Å². The van der Waals surface area contributed by atoms with Gasteiger partial charge in [0.1, 0.15) is 5.57 Å². The Balaban J connectivity index is 1.77. The summed E-state index contributed by atoms with van der Waals surface area (Å²) in [6.07, 6.45) is 2.13. The van der Waals surface area contributed by atoms with E-state index in [-0.39, 0.29) is 10.7 Å². The Morgan fingerprint density at radius 3 is 2.63 bits per heavy atom. The van der Waals surface area contributed by atoms with Crippen LogP contribution in [0.3, 0.4) is 0 Å². The van der Waals surface area contributed by atoms with Gasteiger partial charge in [-0.3, -0.25) is 19.8 Å². The first kappa shape index (κ1) is 19.1. The van der Waals surface area contributed by atoms with Crippen LogP contribution in [0.25, 0.3) is 6.08 Å². The SMILES string of the molecule is COc1ccc(CCN2C(=O)/C(=C\c3ccsc3)C(=O)NC2=S)cc1OC. The molecule has 0 spiro atoms. The van der Waals surface area contributed by atoms with Crippen LogP contribution in [0, 0.1) is 0 Å². The quantitative estimate of drug-likeness (QED) is 0.457. The van der Waals surface area contributed by atoms with Gasteiger partial charge in [0.05, 0.1) is 14.2 Å². The van der Waals surface area contributed by atoms with Crippen molar-refractivity contribution < 1.29 is 19.1 Å². The number of amides is 2. The molecule has 1 aliphatic heterocycles.